The van der Waals surface area contributed by atoms with E-state index < -0.39 is 0 Å². The Labute approximate surface area is 140 Å². The topological polar surface area (TPSA) is 12.9 Å². The molecule has 1 aromatic carbocycles. The average molecular weight is 455 g/mol. The second kappa shape index (κ2) is 6.42. The molecule has 1 heterocycles. The van der Waals surface area contributed by atoms with E-state index in [1.165, 1.54) is 84.9 Å². The molecule has 0 saturated heterocycles. The van der Waals surface area contributed by atoms with E-state index in [1.807, 2.05) is 6.20 Å². The molecule has 0 amide bonds. The Morgan fingerprint density at radius 3 is 2.43 bits per heavy atom. The maximum atomic E-state index is 4.68. The van der Waals surface area contributed by atoms with Gasteiger partial charge in [-0.1, -0.05) is 30.4 Å². The van der Waals surface area contributed by atoms with Crippen molar-refractivity contribution < 1.29 is 20.1 Å². The Morgan fingerprint density at radius 2 is 1.57 bits per heavy atom. The van der Waals surface area contributed by atoms with Gasteiger partial charge in [0.1, 0.15) is 0 Å². The minimum Gasteiger partial charge on any atom is -0.304 e. The molecule has 1 radical (unpaired) electrons. The number of aryl methyl sites for hydroxylation is 3. The summed E-state index contributed by atoms with van der Waals surface area (Å²) in [5.74, 6) is 0. The Bertz CT molecular complexity index is 648. The summed E-state index contributed by atoms with van der Waals surface area (Å²) in [5, 5.41) is 0. The smallest absolute Gasteiger partial charge is 0.0163 e. The molecular weight excluding hydrogens is 434 g/mol. The zero-order valence-corrected chi connectivity index (χ0v) is 14.6. The molecule has 0 N–H and O–H groups in total. The van der Waals surface area contributed by atoms with Crippen LogP contribution in [0.2, 0.25) is 0 Å². The second-order valence-electron chi connectivity index (χ2n) is 6.11. The van der Waals surface area contributed by atoms with E-state index in [-0.39, 0.29) is 20.1 Å². The van der Waals surface area contributed by atoms with Gasteiger partial charge in [0.2, 0.25) is 0 Å². The molecule has 2 aliphatic carbocycles. The third-order valence-electron chi connectivity index (χ3n) is 4.81. The SMILES string of the molecule is [Ir].[c-]1cc2c(cc1-c1nccc3c1CCCC3)CCCC2. The summed E-state index contributed by atoms with van der Waals surface area (Å²) in [4.78, 5) is 4.68. The number of fused-ring (bicyclic) bond motifs is 2. The molecule has 111 valence electrons. The first-order chi connectivity index (χ1) is 9.92. The minimum absolute atomic E-state index is 0. The van der Waals surface area contributed by atoms with E-state index in [0.717, 1.165) is 0 Å². The van der Waals surface area contributed by atoms with Crippen LogP contribution in [0.3, 0.4) is 0 Å². The van der Waals surface area contributed by atoms with Crippen LogP contribution in [0.15, 0.2) is 24.4 Å². The van der Waals surface area contributed by atoms with Crippen molar-refractivity contribution in [3.05, 3.63) is 52.7 Å². The summed E-state index contributed by atoms with van der Waals surface area (Å²) in [6.45, 7) is 0. The van der Waals surface area contributed by atoms with E-state index in [1.54, 1.807) is 0 Å². The van der Waals surface area contributed by atoms with Gasteiger partial charge < -0.3 is 4.98 Å². The number of pyridine rings is 1. The molecule has 2 aliphatic rings. The van der Waals surface area contributed by atoms with Gasteiger partial charge in [0.25, 0.3) is 0 Å². The van der Waals surface area contributed by atoms with Crippen molar-refractivity contribution >= 4 is 0 Å². The van der Waals surface area contributed by atoms with Crippen molar-refractivity contribution in [3.8, 4) is 11.3 Å². The van der Waals surface area contributed by atoms with Crippen LogP contribution >= 0.6 is 0 Å². The standard InChI is InChI=1S/C19H20N.Ir/c1-2-7-16-13-17(10-9-14(16)5-1)19-18-8-4-3-6-15(18)11-12-20-19;/h9,11-13H,1-8H2;/q-1;. The number of hydrogen-bond acceptors (Lipinski definition) is 1. The zero-order chi connectivity index (χ0) is 13.4. The van der Waals surface area contributed by atoms with Crippen LogP contribution in [0.25, 0.3) is 11.3 Å². The monoisotopic (exact) mass is 455 g/mol. The molecule has 0 unspecified atom stereocenters. The Morgan fingerprint density at radius 1 is 0.857 bits per heavy atom. The Hall–Kier alpha value is -0.981. The van der Waals surface area contributed by atoms with Gasteiger partial charge in [-0.15, -0.1) is 34.9 Å². The van der Waals surface area contributed by atoms with Crippen LogP contribution in [0.1, 0.15) is 47.9 Å². The average Bonchev–Trinajstić information content (AvgIpc) is 2.54. The summed E-state index contributed by atoms with van der Waals surface area (Å²) < 4.78 is 0. The maximum Gasteiger partial charge on any atom is 0.0163 e. The van der Waals surface area contributed by atoms with Gasteiger partial charge in [-0.3, -0.25) is 0 Å². The largest absolute Gasteiger partial charge is 0.304 e. The summed E-state index contributed by atoms with van der Waals surface area (Å²) >= 11 is 0. The predicted octanol–water partition coefficient (Wildman–Crippen LogP) is 4.30. The fourth-order valence-electron chi connectivity index (χ4n) is 3.69. The van der Waals surface area contributed by atoms with Gasteiger partial charge in [0.05, 0.1) is 0 Å². The molecule has 1 nitrogen and oxygen atoms in total. The summed E-state index contributed by atoms with van der Waals surface area (Å²) in [5.41, 5.74) is 8.42. The molecule has 2 heteroatoms. The molecule has 0 saturated carbocycles. The fourth-order valence-corrected chi connectivity index (χ4v) is 3.69. The van der Waals surface area contributed by atoms with Crippen LogP contribution in [0, 0.1) is 6.07 Å². The van der Waals surface area contributed by atoms with E-state index >= 15 is 0 Å². The second-order valence-corrected chi connectivity index (χ2v) is 6.11. The van der Waals surface area contributed by atoms with Crippen molar-refractivity contribution in [2.75, 3.05) is 0 Å². The first-order valence-corrected chi connectivity index (χ1v) is 7.92. The van der Waals surface area contributed by atoms with Crippen LogP contribution in [-0.2, 0) is 45.8 Å². The van der Waals surface area contributed by atoms with Gasteiger partial charge >= 0.3 is 0 Å². The summed E-state index contributed by atoms with van der Waals surface area (Å²) in [6.07, 6.45) is 12.1. The Kier molecular flexibility index (Phi) is 4.56. The van der Waals surface area contributed by atoms with Crippen LogP contribution in [0.4, 0.5) is 0 Å². The van der Waals surface area contributed by atoms with E-state index in [9.17, 15) is 0 Å². The predicted molar refractivity (Wildman–Crippen MR) is 81.8 cm³/mol. The van der Waals surface area contributed by atoms with Gasteiger partial charge in [-0.25, -0.2) is 0 Å². The molecule has 0 bridgehead atoms. The van der Waals surface area contributed by atoms with Crippen molar-refractivity contribution in [2.24, 2.45) is 0 Å². The van der Waals surface area contributed by atoms with Crippen molar-refractivity contribution in [2.45, 2.75) is 51.4 Å². The molecule has 0 fully saturated rings. The first kappa shape index (κ1) is 14.9. The normalized spacial score (nSPS) is 16.6. The van der Waals surface area contributed by atoms with Crippen molar-refractivity contribution in [1.29, 1.82) is 0 Å². The molecule has 21 heavy (non-hydrogen) atoms. The summed E-state index contributed by atoms with van der Waals surface area (Å²) in [6, 6.07) is 10.3. The van der Waals surface area contributed by atoms with Gasteiger partial charge in [0.15, 0.2) is 0 Å². The van der Waals surface area contributed by atoms with E-state index in [0.29, 0.717) is 0 Å². The summed E-state index contributed by atoms with van der Waals surface area (Å²) in [7, 11) is 0. The van der Waals surface area contributed by atoms with Crippen LogP contribution < -0.4 is 0 Å². The molecule has 4 rings (SSSR count). The molecule has 2 aromatic rings. The van der Waals surface area contributed by atoms with Crippen molar-refractivity contribution in [1.82, 2.24) is 4.98 Å². The van der Waals surface area contributed by atoms with Crippen LogP contribution in [0.5, 0.6) is 0 Å². The third kappa shape index (κ3) is 2.84. The molecular formula is C19H20IrN-. The number of aromatic nitrogens is 1. The van der Waals surface area contributed by atoms with Crippen LogP contribution in [-0.4, -0.2) is 4.98 Å². The minimum atomic E-state index is 0. The van der Waals surface area contributed by atoms with E-state index in [2.05, 4.69) is 29.2 Å². The van der Waals surface area contributed by atoms with Gasteiger partial charge in [-0.05, 0) is 43.9 Å². The van der Waals surface area contributed by atoms with Gasteiger partial charge in [0, 0.05) is 26.3 Å². The first-order valence-electron chi connectivity index (χ1n) is 7.92. The number of benzene rings is 1. The number of nitrogens with zero attached hydrogens (tertiary/aromatic N) is 1. The molecule has 0 aliphatic heterocycles. The number of hydrogen-bond donors (Lipinski definition) is 0. The molecule has 1 aromatic heterocycles. The van der Waals surface area contributed by atoms with Gasteiger partial charge in [-0.2, -0.15) is 0 Å². The Balaban J connectivity index is 0.00000132. The number of rotatable bonds is 1. The maximum absolute atomic E-state index is 4.68. The quantitative estimate of drug-likeness (QED) is 0.586. The zero-order valence-electron chi connectivity index (χ0n) is 12.2. The fraction of sp³-hybridized carbons (Fsp3) is 0.421. The van der Waals surface area contributed by atoms with E-state index in [4.69, 9.17) is 0 Å². The third-order valence-corrected chi connectivity index (χ3v) is 4.81. The molecule has 0 atom stereocenters. The van der Waals surface area contributed by atoms with Crippen molar-refractivity contribution in [3.63, 3.8) is 0 Å². The molecule has 0 spiro atoms.